The summed E-state index contributed by atoms with van der Waals surface area (Å²) in [6, 6.07) is 5.27. The summed E-state index contributed by atoms with van der Waals surface area (Å²) in [6.07, 6.45) is -1.02. The van der Waals surface area contributed by atoms with Crippen molar-refractivity contribution < 1.29 is 22.7 Å². The number of hydrogen-bond donors (Lipinski definition) is 0. The van der Waals surface area contributed by atoms with Gasteiger partial charge in [0.15, 0.2) is 0 Å². The van der Waals surface area contributed by atoms with Crippen LogP contribution in [0.5, 0.6) is 0 Å². The highest BCUT2D eigenvalue weighted by atomic mass is 19.4. The van der Waals surface area contributed by atoms with Gasteiger partial charge < -0.3 is 4.74 Å². The van der Waals surface area contributed by atoms with Crippen molar-refractivity contribution in [2.24, 2.45) is 5.41 Å². The van der Waals surface area contributed by atoms with Crippen LogP contribution in [0, 0.1) is 12.3 Å². The van der Waals surface area contributed by atoms with Crippen LogP contribution in [0.2, 0.25) is 0 Å². The van der Waals surface area contributed by atoms with Crippen molar-refractivity contribution in [3.05, 3.63) is 52.8 Å². The van der Waals surface area contributed by atoms with E-state index in [0.717, 1.165) is 36.5 Å². The van der Waals surface area contributed by atoms with E-state index in [1.807, 2.05) is 24.7 Å². The molecular formula is C23H30F3N3O2. The summed E-state index contributed by atoms with van der Waals surface area (Å²) in [4.78, 5) is 15.2. The molecule has 2 aromatic rings. The van der Waals surface area contributed by atoms with Crippen LogP contribution in [0.25, 0.3) is 0 Å². The molecular weight excluding hydrogens is 407 g/mol. The van der Waals surface area contributed by atoms with Crippen molar-refractivity contribution in [1.82, 2.24) is 14.7 Å². The molecule has 31 heavy (non-hydrogen) atoms. The summed E-state index contributed by atoms with van der Waals surface area (Å²) in [6.45, 7) is 8.93. The summed E-state index contributed by atoms with van der Waals surface area (Å²) >= 11 is 0. The maximum atomic E-state index is 13.1. The van der Waals surface area contributed by atoms with E-state index in [4.69, 9.17) is 4.74 Å². The van der Waals surface area contributed by atoms with E-state index < -0.39 is 17.2 Å². The second kappa shape index (κ2) is 9.42. The number of aryl methyl sites for hydroxylation is 2. The molecule has 0 spiro atoms. The van der Waals surface area contributed by atoms with E-state index in [1.165, 1.54) is 6.07 Å². The highest BCUT2D eigenvalue weighted by Crippen LogP contribution is 2.38. The lowest BCUT2D eigenvalue weighted by atomic mass is 9.73. The average Bonchev–Trinajstić information content (AvgIpc) is 3.09. The lowest BCUT2D eigenvalue weighted by molar-refractivity contribution is -0.158. The highest BCUT2D eigenvalue weighted by Gasteiger charge is 2.43. The highest BCUT2D eigenvalue weighted by molar-refractivity contribution is 5.77. The van der Waals surface area contributed by atoms with E-state index >= 15 is 0 Å². The van der Waals surface area contributed by atoms with Crippen LogP contribution >= 0.6 is 0 Å². The number of hydrogen-bond acceptors (Lipinski definition) is 4. The predicted octanol–water partition coefficient (Wildman–Crippen LogP) is 4.62. The topological polar surface area (TPSA) is 47.4 Å². The predicted molar refractivity (Wildman–Crippen MR) is 111 cm³/mol. The molecule has 0 aliphatic carbocycles. The molecule has 170 valence electrons. The van der Waals surface area contributed by atoms with E-state index in [1.54, 1.807) is 13.0 Å². The number of rotatable bonds is 7. The molecule has 0 amide bonds. The zero-order valence-electron chi connectivity index (χ0n) is 18.3. The number of halogens is 3. The Kier molecular flexibility index (Phi) is 7.09. The molecule has 0 bridgehead atoms. The van der Waals surface area contributed by atoms with Gasteiger partial charge in [-0.1, -0.05) is 18.2 Å². The van der Waals surface area contributed by atoms with Crippen LogP contribution in [0.3, 0.4) is 0 Å². The Bertz CT molecular complexity index is 900. The Labute approximate surface area is 181 Å². The molecule has 3 rings (SSSR count). The van der Waals surface area contributed by atoms with Crippen molar-refractivity contribution in [3.63, 3.8) is 0 Å². The van der Waals surface area contributed by atoms with Gasteiger partial charge in [0, 0.05) is 24.8 Å². The SMILES string of the molecule is CCOC(=O)C1(Cc2cccc(C(F)(F)F)c2)CCN(Cc2cn(CC)nc2C)CC1. The van der Waals surface area contributed by atoms with Crippen LogP contribution in [0.1, 0.15) is 49.1 Å². The Morgan fingerprint density at radius 1 is 1.23 bits per heavy atom. The largest absolute Gasteiger partial charge is 0.466 e. The standard InChI is InChI=1S/C23H30F3N3O2/c1-4-29-16-19(17(3)27-29)15-28-11-9-22(10-12-28,21(30)31-5-2)14-18-7-6-8-20(13-18)23(24,25)26/h6-8,13,16H,4-5,9-12,14-15H2,1-3H3. The maximum absolute atomic E-state index is 13.1. The van der Waals surface area contributed by atoms with Crippen molar-refractivity contribution in [3.8, 4) is 0 Å². The van der Waals surface area contributed by atoms with Gasteiger partial charge in [0.05, 0.1) is 23.3 Å². The molecule has 0 N–H and O–H groups in total. The molecule has 0 radical (unpaired) electrons. The molecule has 1 aromatic carbocycles. The molecule has 1 aliphatic rings. The smallest absolute Gasteiger partial charge is 0.416 e. The summed E-state index contributed by atoms with van der Waals surface area (Å²) in [5, 5.41) is 4.48. The van der Waals surface area contributed by atoms with Crippen LogP contribution in [-0.4, -0.2) is 40.3 Å². The van der Waals surface area contributed by atoms with E-state index in [-0.39, 0.29) is 19.0 Å². The van der Waals surface area contributed by atoms with Crippen LogP contribution < -0.4 is 0 Å². The minimum atomic E-state index is -4.41. The van der Waals surface area contributed by atoms with Gasteiger partial charge in [0.1, 0.15) is 0 Å². The maximum Gasteiger partial charge on any atom is 0.416 e. The molecule has 0 atom stereocenters. The third-order valence-corrected chi connectivity index (χ3v) is 6.08. The fourth-order valence-electron chi connectivity index (χ4n) is 4.24. The molecule has 5 nitrogen and oxygen atoms in total. The Hall–Kier alpha value is -2.35. The lowest BCUT2D eigenvalue weighted by Crippen LogP contribution is -2.46. The quantitative estimate of drug-likeness (QED) is 0.593. The molecule has 0 saturated carbocycles. The number of aromatic nitrogens is 2. The Balaban J connectivity index is 1.75. The molecule has 8 heteroatoms. The van der Waals surface area contributed by atoms with Crippen LogP contribution in [0.15, 0.2) is 30.5 Å². The summed E-state index contributed by atoms with van der Waals surface area (Å²) < 4.78 is 46.7. The van der Waals surface area contributed by atoms with Gasteiger partial charge in [-0.05, 0) is 64.8 Å². The number of likely N-dealkylation sites (tertiary alicyclic amines) is 1. The molecule has 1 saturated heterocycles. The Morgan fingerprint density at radius 3 is 2.52 bits per heavy atom. The van der Waals surface area contributed by atoms with Gasteiger partial charge in [-0.2, -0.15) is 18.3 Å². The number of ether oxygens (including phenoxy) is 1. The first kappa shape index (κ1) is 23.3. The summed E-state index contributed by atoms with van der Waals surface area (Å²) in [7, 11) is 0. The number of piperidine rings is 1. The van der Waals surface area contributed by atoms with Gasteiger partial charge in [0.2, 0.25) is 0 Å². The normalized spacial score (nSPS) is 17.0. The molecule has 1 fully saturated rings. The minimum absolute atomic E-state index is 0.246. The van der Waals surface area contributed by atoms with Crippen LogP contribution in [0.4, 0.5) is 13.2 Å². The number of esters is 1. The molecule has 1 aromatic heterocycles. The first-order valence-corrected chi connectivity index (χ1v) is 10.8. The number of carbonyl (C=O) groups is 1. The third kappa shape index (κ3) is 5.47. The fraction of sp³-hybridized carbons (Fsp3) is 0.565. The molecule has 2 heterocycles. The summed E-state index contributed by atoms with van der Waals surface area (Å²) in [5.74, 6) is -0.318. The van der Waals surface area contributed by atoms with E-state index in [9.17, 15) is 18.0 Å². The van der Waals surface area contributed by atoms with Gasteiger partial charge in [-0.15, -0.1) is 0 Å². The van der Waals surface area contributed by atoms with Crippen molar-refractivity contribution in [2.75, 3.05) is 19.7 Å². The van der Waals surface area contributed by atoms with Gasteiger partial charge in [0.25, 0.3) is 0 Å². The fourth-order valence-corrected chi connectivity index (χ4v) is 4.24. The first-order valence-electron chi connectivity index (χ1n) is 10.8. The molecule has 1 aliphatic heterocycles. The lowest BCUT2D eigenvalue weighted by Gasteiger charge is -2.40. The third-order valence-electron chi connectivity index (χ3n) is 6.08. The van der Waals surface area contributed by atoms with Gasteiger partial charge >= 0.3 is 12.1 Å². The van der Waals surface area contributed by atoms with Crippen molar-refractivity contribution in [2.45, 2.75) is 59.3 Å². The first-order chi connectivity index (χ1) is 14.7. The average molecular weight is 438 g/mol. The van der Waals surface area contributed by atoms with E-state index in [0.29, 0.717) is 31.5 Å². The zero-order chi connectivity index (χ0) is 22.6. The van der Waals surface area contributed by atoms with Crippen LogP contribution in [-0.2, 0) is 35.2 Å². The summed E-state index contributed by atoms with van der Waals surface area (Å²) in [5.41, 5.74) is 1.16. The second-order valence-electron chi connectivity index (χ2n) is 8.25. The second-order valence-corrected chi connectivity index (χ2v) is 8.25. The number of benzene rings is 1. The zero-order valence-corrected chi connectivity index (χ0v) is 18.3. The number of alkyl halides is 3. The molecule has 0 unspecified atom stereocenters. The number of nitrogens with zero attached hydrogens (tertiary/aromatic N) is 3. The number of carbonyl (C=O) groups excluding carboxylic acids is 1. The van der Waals surface area contributed by atoms with Gasteiger partial charge in [-0.3, -0.25) is 14.4 Å². The Morgan fingerprint density at radius 2 is 1.94 bits per heavy atom. The monoisotopic (exact) mass is 437 g/mol. The van der Waals surface area contributed by atoms with Crippen molar-refractivity contribution in [1.29, 1.82) is 0 Å². The van der Waals surface area contributed by atoms with E-state index in [2.05, 4.69) is 10.00 Å². The minimum Gasteiger partial charge on any atom is -0.466 e. The van der Waals surface area contributed by atoms with Gasteiger partial charge in [-0.25, -0.2) is 0 Å². The van der Waals surface area contributed by atoms with Crippen molar-refractivity contribution >= 4 is 5.97 Å².